The smallest absolute Gasteiger partial charge is 0.269 e. The lowest BCUT2D eigenvalue weighted by Crippen LogP contribution is -2.15. The Morgan fingerprint density at radius 2 is 2.24 bits per heavy atom. The number of thiazole rings is 1. The van der Waals surface area contributed by atoms with Gasteiger partial charge < -0.3 is 9.55 Å². The van der Waals surface area contributed by atoms with Crippen LogP contribution in [-0.2, 0) is 7.05 Å². The molecule has 0 radical (unpaired) electrons. The zero-order valence-electron chi connectivity index (χ0n) is 11.3. The van der Waals surface area contributed by atoms with Gasteiger partial charge in [0.05, 0.1) is 11.9 Å². The molecule has 0 fully saturated rings. The molecule has 1 N–H and O–H groups in total. The minimum atomic E-state index is -0.480. The molecule has 0 aliphatic carbocycles. The molecule has 7 nitrogen and oxygen atoms in total. The highest BCUT2D eigenvalue weighted by molar-refractivity contribution is 7.13. The number of aromatic amines is 1. The zero-order valence-corrected chi connectivity index (χ0v) is 12.1. The summed E-state index contributed by atoms with van der Waals surface area (Å²) in [7, 11) is 1.81. The van der Waals surface area contributed by atoms with Crippen LogP contribution in [-0.4, -0.2) is 24.5 Å². The van der Waals surface area contributed by atoms with Crippen LogP contribution in [0.25, 0.3) is 22.2 Å². The van der Waals surface area contributed by atoms with Gasteiger partial charge in [0.25, 0.3) is 5.56 Å². The molecule has 0 saturated carbocycles. The van der Waals surface area contributed by atoms with Crippen molar-refractivity contribution in [2.24, 2.45) is 7.05 Å². The van der Waals surface area contributed by atoms with Gasteiger partial charge in [0.15, 0.2) is 10.8 Å². The Labute approximate surface area is 123 Å². The van der Waals surface area contributed by atoms with Crippen molar-refractivity contribution in [2.75, 3.05) is 0 Å². The molecule has 0 saturated heterocycles. The van der Waals surface area contributed by atoms with Crippen molar-refractivity contribution in [3.8, 4) is 28.3 Å². The lowest BCUT2D eigenvalue weighted by atomic mass is 10.2. The molecule has 0 spiro atoms. The average molecular weight is 298 g/mol. The van der Waals surface area contributed by atoms with Gasteiger partial charge in [-0.15, -0.1) is 11.3 Å². The molecule has 3 aromatic heterocycles. The van der Waals surface area contributed by atoms with Crippen molar-refractivity contribution in [1.82, 2.24) is 24.5 Å². The van der Waals surface area contributed by atoms with Gasteiger partial charge >= 0.3 is 0 Å². The Morgan fingerprint density at radius 3 is 2.81 bits per heavy atom. The van der Waals surface area contributed by atoms with Crippen molar-refractivity contribution in [2.45, 2.75) is 6.92 Å². The second kappa shape index (κ2) is 4.96. The molecular formula is C13H10N6OS. The quantitative estimate of drug-likeness (QED) is 0.772. The lowest BCUT2D eigenvalue weighted by Gasteiger charge is -2.06. The van der Waals surface area contributed by atoms with E-state index in [1.54, 1.807) is 22.3 Å². The van der Waals surface area contributed by atoms with E-state index in [1.165, 1.54) is 11.3 Å². The number of aromatic nitrogens is 5. The normalized spacial score (nSPS) is 10.5. The van der Waals surface area contributed by atoms with Gasteiger partial charge in [0, 0.05) is 18.6 Å². The SMILES string of the molecule is Cc1ncc(-c2nc(-c3nccs3)[nH]c(=O)c2C#N)n1C. The Balaban J connectivity index is 2.31. The molecule has 0 aromatic carbocycles. The predicted molar refractivity (Wildman–Crippen MR) is 77.6 cm³/mol. The van der Waals surface area contributed by atoms with Crippen molar-refractivity contribution in [3.63, 3.8) is 0 Å². The fourth-order valence-corrected chi connectivity index (χ4v) is 2.51. The van der Waals surface area contributed by atoms with Crippen molar-refractivity contribution >= 4 is 11.3 Å². The second-order valence-electron chi connectivity index (χ2n) is 4.34. The molecule has 0 aliphatic rings. The summed E-state index contributed by atoms with van der Waals surface area (Å²) in [6, 6.07) is 1.91. The predicted octanol–water partition coefficient (Wildman–Crippen LogP) is 1.47. The summed E-state index contributed by atoms with van der Waals surface area (Å²) in [5.41, 5.74) is 0.423. The van der Waals surface area contributed by atoms with E-state index < -0.39 is 5.56 Å². The third kappa shape index (κ3) is 2.13. The molecule has 0 atom stereocenters. The number of imidazole rings is 1. The second-order valence-corrected chi connectivity index (χ2v) is 5.23. The van der Waals surface area contributed by atoms with Gasteiger partial charge in [-0.2, -0.15) is 5.26 Å². The van der Waals surface area contributed by atoms with Crippen LogP contribution in [0.1, 0.15) is 11.4 Å². The monoisotopic (exact) mass is 298 g/mol. The maximum absolute atomic E-state index is 12.1. The summed E-state index contributed by atoms with van der Waals surface area (Å²) in [5.74, 6) is 1.12. The fraction of sp³-hybridized carbons (Fsp3) is 0.154. The fourth-order valence-electron chi connectivity index (χ4n) is 1.93. The Morgan fingerprint density at radius 1 is 1.43 bits per heavy atom. The molecule has 0 unspecified atom stereocenters. The number of hydrogen-bond acceptors (Lipinski definition) is 6. The summed E-state index contributed by atoms with van der Waals surface area (Å²) in [4.78, 5) is 27.4. The maximum atomic E-state index is 12.1. The molecule has 8 heteroatoms. The van der Waals surface area contributed by atoms with Crippen LogP contribution >= 0.6 is 11.3 Å². The van der Waals surface area contributed by atoms with E-state index in [2.05, 4.69) is 19.9 Å². The van der Waals surface area contributed by atoms with Gasteiger partial charge in [0.1, 0.15) is 23.2 Å². The number of nitriles is 1. The van der Waals surface area contributed by atoms with Crippen LogP contribution < -0.4 is 5.56 Å². The van der Waals surface area contributed by atoms with Gasteiger partial charge in [0.2, 0.25) is 0 Å². The topological polar surface area (TPSA) is 100 Å². The highest BCUT2D eigenvalue weighted by Crippen LogP contribution is 2.23. The summed E-state index contributed by atoms with van der Waals surface area (Å²) >= 11 is 1.36. The Bertz CT molecular complexity index is 900. The summed E-state index contributed by atoms with van der Waals surface area (Å²) < 4.78 is 1.79. The summed E-state index contributed by atoms with van der Waals surface area (Å²) in [6.45, 7) is 1.84. The van der Waals surface area contributed by atoms with Crippen molar-refractivity contribution < 1.29 is 0 Å². The highest BCUT2D eigenvalue weighted by atomic mass is 32.1. The molecule has 3 rings (SSSR count). The standard InChI is InChI=1S/C13H10N6OS/c1-7-16-6-9(19(7)2)10-8(5-14)12(20)18-11(17-10)13-15-3-4-21-13/h3-4,6H,1-2H3,(H,17,18,20). The van der Waals surface area contributed by atoms with E-state index in [4.69, 9.17) is 0 Å². The first-order valence-corrected chi connectivity index (χ1v) is 6.92. The van der Waals surface area contributed by atoms with Crippen molar-refractivity contribution in [1.29, 1.82) is 5.26 Å². The zero-order chi connectivity index (χ0) is 15.0. The number of hydrogen-bond donors (Lipinski definition) is 1. The minimum Gasteiger partial charge on any atom is -0.330 e. The van der Waals surface area contributed by atoms with E-state index >= 15 is 0 Å². The molecule has 3 heterocycles. The molecule has 3 aromatic rings. The first-order valence-electron chi connectivity index (χ1n) is 6.04. The number of H-pyrrole nitrogens is 1. The first kappa shape index (κ1) is 13.2. The van der Waals surface area contributed by atoms with Gasteiger partial charge in [-0.25, -0.2) is 15.0 Å². The Hall–Kier alpha value is -2.79. The highest BCUT2D eigenvalue weighted by Gasteiger charge is 2.18. The summed E-state index contributed by atoms with van der Waals surface area (Å²) in [6.07, 6.45) is 3.23. The van der Waals surface area contributed by atoms with Crippen LogP contribution in [0.4, 0.5) is 0 Å². The van der Waals surface area contributed by atoms with E-state index in [9.17, 15) is 10.1 Å². The van der Waals surface area contributed by atoms with E-state index in [-0.39, 0.29) is 5.56 Å². The third-order valence-electron chi connectivity index (χ3n) is 3.13. The molecular weight excluding hydrogens is 288 g/mol. The summed E-state index contributed by atoms with van der Waals surface area (Å²) in [5, 5.41) is 11.6. The van der Waals surface area contributed by atoms with Crippen LogP contribution in [0.5, 0.6) is 0 Å². The number of rotatable bonds is 2. The number of aryl methyl sites for hydroxylation is 1. The van der Waals surface area contributed by atoms with E-state index in [0.717, 1.165) is 5.82 Å². The largest absolute Gasteiger partial charge is 0.330 e. The van der Waals surface area contributed by atoms with Gasteiger partial charge in [-0.1, -0.05) is 0 Å². The molecule has 0 bridgehead atoms. The van der Waals surface area contributed by atoms with Gasteiger partial charge in [-0.3, -0.25) is 4.79 Å². The van der Waals surface area contributed by atoms with Crippen LogP contribution in [0.15, 0.2) is 22.6 Å². The van der Waals surface area contributed by atoms with Crippen molar-refractivity contribution in [3.05, 3.63) is 39.5 Å². The van der Waals surface area contributed by atoms with E-state index in [0.29, 0.717) is 22.2 Å². The lowest BCUT2D eigenvalue weighted by molar-refractivity contribution is 0.860. The average Bonchev–Trinajstić information content (AvgIpc) is 3.10. The molecule has 104 valence electrons. The first-order chi connectivity index (χ1) is 10.1. The van der Waals surface area contributed by atoms with Crippen LogP contribution in [0.3, 0.4) is 0 Å². The molecule has 21 heavy (non-hydrogen) atoms. The minimum absolute atomic E-state index is 0.0293. The third-order valence-corrected chi connectivity index (χ3v) is 3.91. The van der Waals surface area contributed by atoms with Gasteiger partial charge in [-0.05, 0) is 6.92 Å². The Kier molecular flexibility index (Phi) is 3.12. The van der Waals surface area contributed by atoms with Crippen LogP contribution in [0.2, 0.25) is 0 Å². The number of nitrogens with zero attached hydrogens (tertiary/aromatic N) is 5. The molecule has 0 aliphatic heterocycles. The van der Waals surface area contributed by atoms with E-state index in [1.807, 2.05) is 20.0 Å². The van der Waals surface area contributed by atoms with Crippen LogP contribution in [0, 0.1) is 18.3 Å². The maximum Gasteiger partial charge on any atom is 0.269 e. The molecule has 0 amide bonds. The number of nitrogens with one attached hydrogen (secondary N) is 1.